The third kappa shape index (κ3) is 3.62. The van der Waals surface area contributed by atoms with Crippen LogP contribution >= 0.6 is 11.3 Å². The molecule has 0 saturated heterocycles. The molecule has 0 aromatic carbocycles. The van der Waals surface area contributed by atoms with Gasteiger partial charge in [-0.1, -0.05) is 20.8 Å². The zero-order chi connectivity index (χ0) is 15.8. The van der Waals surface area contributed by atoms with Gasteiger partial charge in [0.1, 0.15) is 0 Å². The maximum absolute atomic E-state index is 4.74. The molecule has 0 fully saturated rings. The molecule has 3 nitrogen and oxygen atoms in total. The Balaban J connectivity index is 2.24. The number of pyridine rings is 1. The number of nitrogens with one attached hydrogen (secondary N) is 1. The molecule has 114 valence electrons. The van der Waals surface area contributed by atoms with E-state index in [1.165, 1.54) is 9.88 Å². The molecule has 2 rings (SSSR count). The molecular formula is C17H25N3S. The first-order valence-corrected chi connectivity index (χ1v) is 8.18. The topological polar surface area (TPSA) is 37.8 Å². The fraction of sp³-hybridized carbons (Fsp3) is 0.529. The monoisotopic (exact) mass is 303 g/mol. The summed E-state index contributed by atoms with van der Waals surface area (Å²) in [6.45, 7) is 15.0. The summed E-state index contributed by atoms with van der Waals surface area (Å²) in [6, 6.07) is 4.39. The fourth-order valence-electron chi connectivity index (χ4n) is 2.27. The molecule has 0 aliphatic rings. The van der Waals surface area contributed by atoms with Crippen LogP contribution in [0.5, 0.6) is 0 Å². The highest BCUT2D eigenvalue weighted by Crippen LogP contribution is 2.34. The van der Waals surface area contributed by atoms with Crippen LogP contribution in [0.1, 0.15) is 60.7 Å². The van der Waals surface area contributed by atoms with Crippen molar-refractivity contribution in [3.05, 3.63) is 39.1 Å². The van der Waals surface area contributed by atoms with Crippen molar-refractivity contribution < 1.29 is 0 Å². The summed E-state index contributed by atoms with van der Waals surface area (Å²) < 4.78 is 0. The van der Waals surface area contributed by atoms with Crippen LogP contribution < -0.4 is 5.32 Å². The summed E-state index contributed by atoms with van der Waals surface area (Å²) in [5.41, 5.74) is 4.42. The van der Waals surface area contributed by atoms with Crippen LogP contribution in [-0.2, 0) is 5.41 Å². The number of hydrogen-bond donors (Lipinski definition) is 1. The number of aryl methyl sites for hydroxylation is 3. The van der Waals surface area contributed by atoms with Gasteiger partial charge in [0.05, 0.1) is 28.1 Å². The highest BCUT2D eigenvalue weighted by molar-refractivity contribution is 7.12. The lowest BCUT2D eigenvalue weighted by Crippen LogP contribution is -2.10. The van der Waals surface area contributed by atoms with Gasteiger partial charge in [-0.3, -0.25) is 4.98 Å². The van der Waals surface area contributed by atoms with Crippen LogP contribution in [-0.4, -0.2) is 9.97 Å². The second-order valence-corrected chi connectivity index (χ2v) is 7.70. The summed E-state index contributed by atoms with van der Waals surface area (Å²) in [5, 5.41) is 4.76. The smallest absolute Gasteiger partial charge is 0.0985 e. The first kappa shape index (κ1) is 16.0. The predicted molar refractivity (Wildman–Crippen MR) is 91.3 cm³/mol. The Kier molecular flexibility index (Phi) is 4.38. The number of rotatable bonds is 3. The van der Waals surface area contributed by atoms with E-state index in [9.17, 15) is 0 Å². The van der Waals surface area contributed by atoms with E-state index in [1.807, 2.05) is 31.3 Å². The zero-order valence-corrected chi connectivity index (χ0v) is 14.9. The van der Waals surface area contributed by atoms with E-state index < -0.39 is 0 Å². The minimum Gasteiger partial charge on any atom is -0.376 e. The van der Waals surface area contributed by atoms with Crippen molar-refractivity contribution in [1.29, 1.82) is 0 Å². The maximum Gasteiger partial charge on any atom is 0.0985 e. The van der Waals surface area contributed by atoms with E-state index in [2.05, 4.69) is 51.0 Å². The summed E-state index contributed by atoms with van der Waals surface area (Å²) in [5.74, 6) is 0. The van der Waals surface area contributed by atoms with Crippen LogP contribution in [0.15, 0.2) is 12.1 Å². The molecule has 2 aromatic heterocycles. The van der Waals surface area contributed by atoms with Crippen molar-refractivity contribution in [3.8, 4) is 0 Å². The van der Waals surface area contributed by atoms with Gasteiger partial charge in [0.2, 0.25) is 0 Å². The van der Waals surface area contributed by atoms with Gasteiger partial charge in [0.15, 0.2) is 0 Å². The molecule has 0 aliphatic carbocycles. The Labute approximate surface area is 131 Å². The fourth-order valence-corrected chi connectivity index (χ4v) is 3.39. The number of hydrogen-bond acceptors (Lipinski definition) is 4. The van der Waals surface area contributed by atoms with Gasteiger partial charge in [-0.05, 0) is 39.8 Å². The molecule has 0 bridgehead atoms. The predicted octanol–water partition coefficient (Wildman–Crippen LogP) is 4.93. The maximum atomic E-state index is 4.74. The largest absolute Gasteiger partial charge is 0.376 e. The normalized spacial score (nSPS) is 13.3. The van der Waals surface area contributed by atoms with Crippen molar-refractivity contribution in [2.24, 2.45) is 0 Å². The molecule has 0 saturated carbocycles. The first-order chi connectivity index (χ1) is 9.68. The van der Waals surface area contributed by atoms with E-state index in [-0.39, 0.29) is 11.5 Å². The molecule has 4 heteroatoms. The van der Waals surface area contributed by atoms with Crippen LogP contribution in [0, 0.1) is 20.8 Å². The number of nitrogens with zero attached hydrogens (tertiary/aromatic N) is 2. The minimum atomic E-state index is 0.106. The molecule has 0 aliphatic heterocycles. The molecular weight excluding hydrogens is 278 g/mol. The lowest BCUT2D eigenvalue weighted by molar-refractivity contribution is 0.584. The van der Waals surface area contributed by atoms with E-state index in [1.54, 1.807) is 0 Å². The average Bonchev–Trinajstić information content (AvgIpc) is 2.75. The van der Waals surface area contributed by atoms with Gasteiger partial charge in [-0.25, -0.2) is 4.98 Å². The summed E-state index contributed by atoms with van der Waals surface area (Å²) in [4.78, 5) is 10.6. The summed E-state index contributed by atoms with van der Waals surface area (Å²) in [7, 11) is 0. The standard InChI is InChI=1S/C17H25N3S/c1-10-8-9-14(11(2)18-10)19-12(3)15-13(4)20-16(21-15)17(5,6)7/h8-9,12,19H,1-7H3. The van der Waals surface area contributed by atoms with Crippen molar-refractivity contribution in [3.63, 3.8) is 0 Å². The third-order valence-electron chi connectivity index (χ3n) is 3.46. The van der Waals surface area contributed by atoms with Gasteiger partial charge in [0, 0.05) is 16.0 Å². The zero-order valence-electron chi connectivity index (χ0n) is 14.0. The van der Waals surface area contributed by atoms with Gasteiger partial charge >= 0.3 is 0 Å². The highest BCUT2D eigenvalue weighted by Gasteiger charge is 2.22. The van der Waals surface area contributed by atoms with Crippen molar-refractivity contribution in [2.45, 2.75) is 59.9 Å². The molecule has 1 atom stereocenters. The third-order valence-corrected chi connectivity index (χ3v) is 5.23. The lowest BCUT2D eigenvalue weighted by Gasteiger charge is -2.16. The molecule has 0 amide bonds. The van der Waals surface area contributed by atoms with Crippen molar-refractivity contribution in [1.82, 2.24) is 9.97 Å². The van der Waals surface area contributed by atoms with Crippen LogP contribution in [0.25, 0.3) is 0 Å². The Morgan fingerprint density at radius 1 is 1.05 bits per heavy atom. The number of aromatic nitrogens is 2. The second-order valence-electron chi connectivity index (χ2n) is 6.67. The Hall–Kier alpha value is -1.42. The minimum absolute atomic E-state index is 0.106. The highest BCUT2D eigenvalue weighted by atomic mass is 32.1. The van der Waals surface area contributed by atoms with Crippen molar-refractivity contribution >= 4 is 17.0 Å². The van der Waals surface area contributed by atoms with Crippen LogP contribution in [0.3, 0.4) is 0 Å². The lowest BCUT2D eigenvalue weighted by atomic mass is 9.98. The SMILES string of the molecule is Cc1ccc(NC(C)c2sc(C(C)(C)C)nc2C)c(C)n1. The van der Waals surface area contributed by atoms with Gasteiger partial charge < -0.3 is 5.32 Å². The van der Waals surface area contributed by atoms with E-state index in [0.29, 0.717) is 0 Å². The summed E-state index contributed by atoms with van der Waals surface area (Å²) in [6.07, 6.45) is 0. The first-order valence-electron chi connectivity index (χ1n) is 7.37. The average molecular weight is 303 g/mol. The molecule has 2 aromatic rings. The second kappa shape index (κ2) is 5.76. The number of thiazole rings is 1. The molecule has 1 unspecified atom stereocenters. The summed E-state index contributed by atoms with van der Waals surface area (Å²) >= 11 is 1.81. The van der Waals surface area contributed by atoms with Gasteiger partial charge in [0.25, 0.3) is 0 Å². The molecule has 0 radical (unpaired) electrons. The Morgan fingerprint density at radius 2 is 1.71 bits per heavy atom. The van der Waals surface area contributed by atoms with Gasteiger partial charge in [-0.15, -0.1) is 11.3 Å². The molecule has 1 N–H and O–H groups in total. The van der Waals surface area contributed by atoms with Crippen LogP contribution in [0.4, 0.5) is 5.69 Å². The van der Waals surface area contributed by atoms with E-state index in [0.717, 1.165) is 22.8 Å². The van der Waals surface area contributed by atoms with E-state index >= 15 is 0 Å². The van der Waals surface area contributed by atoms with E-state index in [4.69, 9.17) is 4.98 Å². The van der Waals surface area contributed by atoms with Crippen molar-refractivity contribution in [2.75, 3.05) is 5.32 Å². The molecule has 21 heavy (non-hydrogen) atoms. The van der Waals surface area contributed by atoms with Gasteiger partial charge in [-0.2, -0.15) is 0 Å². The Morgan fingerprint density at radius 3 is 2.24 bits per heavy atom. The molecule has 0 spiro atoms. The quantitative estimate of drug-likeness (QED) is 0.873. The van der Waals surface area contributed by atoms with Crippen LogP contribution in [0.2, 0.25) is 0 Å². The molecule has 2 heterocycles. The Bertz CT molecular complexity index is 638. The number of anilines is 1.